The van der Waals surface area contributed by atoms with Gasteiger partial charge < -0.3 is 19.2 Å². The number of rotatable bonds is 7. The van der Waals surface area contributed by atoms with Crippen LogP contribution < -0.4 is 5.32 Å². The molecule has 4 rings (SSSR count). The first-order valence-electron chi connectivity index (χ1n) is 10.1. The van der Waals surface area contributed by atoms with E-state index in [4.69, 9.17) is 4.74 Å². The summed E-state index contributed by atoms with van der Waals surface area (Å²) in [4.78, 5) is 16.3. The molecule has 2 heterocycles. The Morgan fingerprint density at radius 1 is 1.18 bits per heavy atom. The van der Waals surface area contributed by atoms with Gasteiger partial charge in [0.05, 0.1) is 29.7 Å². The number of carbonyl (C=O) groups is 1. The molecule has 9 heteroatoms. The lowest BCUT2D eigenvalue weighted by atomic mass is 10.1. The predicted molar refractivity (Wildman–Crippen MR) is 120 cm³/mol. The van der Waals surface area contributed by atoms with Crippen molar-refractivity contribution in [2.24, 2.45) is 0 Å². The second-order valence-corrected chi connectivity index (χ2v) is 7.37. The fourth-order valence-corrected chi connectivity index (χ4v) is 3.55. The zero-order valence-electron chi connectivity index (χ0n) is 17.8. The van der Waals surface area contributed by atoms with E-state index in [0.717, 1.165) is 28.6 Å². The molecule has 0 saturated carbocycles. The van der Waals surface area contributed by atoms with Crippen LogP contribution in [0.3, 0.4) is 0 Å². The van der Waals surface area contributed by atoms with Crippen LogP contribution in [-0.4, -0.2) is 33.7 Å². The van der Waals surface area contributed by atoms with E-state index >= 15 is 0 Å². The largest absolute Gasteiger partial charge is 0.416 e. The standard InChI is InChI=1S/C24H21F3N4O2/c1-3-23(32)29-17-6-9-22-19(12-17)20(21-14-30(15-28-21)10-11-33-2)13-31(22)18-7-4-16(5-8-18)24(25,26)27/h3-9,12-15H,1,10-11H2,2H3,(H,29,32). The molecule has 2 aromatic carbocycles. The molecule has 4 aromatic rings. The van der Waals surface area contributed by atoms with Gasteiger partial charge >= 0.3 is 6.18 Å². The number of aromatic nitrogens is 3. The smallest absolute Gasteiger partial charge is 0.383 e. The number of hydrogen-bond acceptors (Lipinski definition) is 3. The maximum atomic E-state index is 13.0. The van der Waals surface area contributed by atoms with Gasteiger partial charge in [-0.25, -0.2) is 4.98 Å². The summed E-state index contributed by atoms with van der Waals surface area (Å²) in [5, 5.41) is 3.52. The highest BCUT2D eigenvalue weighted by molar-refractivity contribution is 6.03. The Morgan fingerprint density at radius 2 is 1.94 bits per heavy atom. The number of anilines is 1. The summed E-state index contributed by atoms with van der Waals surface area (Å²) in [5.74, 6) is -0.345. The van der Waals surface area contributed by atoms with Crippen molar-refractivity contribution in [1.29, 1.82) is 0 Å². The highest BCUT2D eigenvalue weighted by atomic mass is 19.4. The van der Waals surface area contributed by atoms with Gasteiger partial charge in [0.1, 0.15) is 0 Å². The number of fused-ring (bicyclic) bond motifs is 1. The van der Waals surface area contributed by atoms with Crippen LogP contribution in [0.2, 0.25) is 0 Å². The van der Waals surface area contributed by atoms with E-state index < -0.39 is 11.7 Å². The van der Waals surface area contributed by atoms with E-state index in [1.165, 1.54) is 18.2 Å². The van der Waals surface area contributed by atoms with Crippen LogP contribution >= 0.6 is 0 Å². The van der Waals surface area contributed by atoms with Gasteiger partial charge in [0.15, 0.2) is 0 Å². The van der Waals surface area contributed by atoms with Gasteiger partial charge in [0.2, 0.25) is 5.91 Å². The Balaban J connectivity index is 1.83. The minimum atomic E-state index is -4.41. The van der Waals surface area contributed by atoms with Crippen LogP contribution in [0, 0.1) is 0 Å². The number of imidazole rings is 1. The van der Waals surface area contributed by atoms with Crippen LogP contribution in [0.15, 0.2) is 73.8 Å². The van der Waals surface area contributed by atoms with Crippen molar-refractivity contribution < 1.29 is 22.7 Å². The lowest BCUT2D eigenvalue weighted by Gasteiger charge is -2.10. The molecular weight excluding hydrogens is 433 g/mol. The SMILES string of the molecule is C=CC(=O)Nc1ccc2c(c1)c(-c1cn(CCOC)cn1)cn2-c1ccc(C(F)(F)F)cc1. The van der Waals surface area contributed by atoms with Gasteiger partial charge in [-0.1, -0.05) is 6.58 Å². The number of benzene rings is 2. The molecule has 0 unspecified atom stereocenters. The summed E-state index contributed by atoms with van der Waals surface area (Å²) in [6.45, 7) is 4.62. The number of amides is 1. The summed E-state index contributed by atoms with van der Waals surface area (Å²) in [7, 11) is 1.62. The number of halogens is 3. The normalized spacial score (nSPS) is 11.6. The molecule has 170 valence electrons. The monoisotopic (exact) mass is 454 g/mol. The van der Waals surface area contributed by atoms with Gasteiger partial charge in [-0.05, 0) is 48.5 Å². The zero-order chi connectivity index (χ0) is 23.6. The van der Waals surface area contributed by atoms with Gasteiger partial charge in [-0.15, -0.1) is 0 Å². The van der Waals surface area contributed by atoms with Crippen molar-refractivity contribution in [2.45, 2.75) is 12.7 Å². The van der Waals surface area contributed by atoms with Crippen molar-refractivity contribution in [3.63, 3.8) is 0 Å². The summed E-state index contributed by atoms with van der Waals surface area (Å²) < 4.78 is 47.8. The molecule has 0 aliphatic heterocycles. The summed E-state index contributed by atoms with van der Waals surface area (Å²) in [6.07, 6.45) is 2.17. The number of nitrogens with one attached hydrogen (secondary N) is 1. The van der Waals surface area contributed by atoms with E-state index in [1.807, 2.05) is 17.0 Å². The highest BCUT2D eigenvalue weighted by Crippen LogP contribution is 2.35. The zero-order valence-corrected chi connectivity index (χ0v) is 17.8. The Morgan fingerprint density at radius 3 is 2.61 bits per heavy atom. The van der Waals surface area contributed by atoms with Crippen molar-refractivity contribution in [3.8, 4) is 16.9 Å². The summed E-state index contributed by atoms with van der Waals surface area (Å²) in [5.41, 5.74) is 2.64. The van der Waals surface area contributed by atoms with E-state index in [9.17, 15) is 18.0 Å². The number of methoxy groups -OCH3 is 1. The maximum Gasteiger partial charge on any atom is 0.416 e. The molecule has 0 fully saturated rings. The van der Waals surface area contributed by atoms with Crippen molar-refractivity contribution in [2.75, 3.05) is 19.0 Å². The van der Waals surface area contributed by atoms with Crippen LogP contribution in [0.4, 0.5) is 18.9 Å². The number of hydrogen-bond donors (Lipinski definition) is 1. The Bertz CT molecular complexity index is 1300. The lowest BCUT2D eigenvalue weighted by Crippen LogP contribution is -2.07. The molecule has 0 atom stereocenters. The number of ether oxygens (including phenoxy) is 1. The van der Waals surface area contributed by atoms with Crippen LogP contribution in [0.1, 0.15) is 5.56 Å². The predicted octanol–water partition coefficient (Wildman–Crippen LogP) is 5.28. The second-order valence-electron chi connectivity index (χ2n) is 7.37. The molecule has 0 aliphatic rings. The molecule has 6 nitrogen and oxygen atoms in total. The molecule has 0 aliphatic carbocycles. The fourth-order valence-electron chi connectivity index (χ4n) is 3.55. The van der Waals surface area contributed by atoms with Gasteiger partial charge in [0, 0.05) is 48.4 Å². The molecule has 1 amide bonds. The first-order valence-corrected chi connectivity index (χ1v) is 10.1. The average molecular weight is 454 g/mol. The van der Waals surface area contributed by atoms with Gasteiger partial charge in [-0.2, -0.15) is 13.2 Å². The van der Waals surface area contributed by atoms with Crippen LogP contribution in [0.25, 0.3) is 27.8 Å². The average Bonchev–Trinajstić information content (AvgIpc) is 3.41. The topological polar surface area (TPSA) is 61.1 Å². The first kappa shape index (κ1) is 22.3. The minimum absolute atomic E-state index is 0.345. The quantitative estimate of drug-likeness (QED) is 0.387. The fraction of sp³-hybridized carbons (Fsp3) is 0.167. The van der Waals surface area contributed by atoms with E-state index in [-0.39, 0.29) is 5.91 Å². The molecule has 0 radical (unpaired) electrons. The molecule has 0 bridgehead atoms. The van der Waals surface area contributed by atoms with E-state index in [0.29, 0.717) is 30.2 Å². The van der Waals surface area contributed by atoms with Crippen LogP contribution in [0.5, 0.6) is 0 Å². The molecule has 0 saturated heterocycles. The molecule has 0 spiro atoms. The first-order chi connectivity index (χ1) is 15.8. The number of alkyl halides is 3. The minimum Gasteiger partial charge on any atom is -0.383 e. The molecule has 33 heavy (non-hydrogen) atoms. The number of carbonyl (C=O) groups excluding carboxylic acids is 1. The van der Waals surface area contributed by atoms with Crippen molar-refractivity contribution in [3.05, 3.63) is 79.4 Å². The van der Waals surface area contributed by atoms with Crippen molar-refractivity contribution in [1.82, 2.24) is 14.1 Å². The Hall–Kier alpha value is -3.85. The Labute approximate surface area is 187 Å². The highest BCUT2D eigenvalue weighted by Gasteiger charge is 2.30. The van der Waals surface area contributed by atoms with Gasteiger partial charge in [0.25, 0.3) is 0 Å². The van der Waals surface area contributed by atoms with Crippen LogP contribution in [-0.2, 0) is 22.3 Å². The third kappa shape index (κ3) is 4.68. The second kappa shape index (κ2) is 8.95. The van der Waals surface area contributed by atoms with Gasteiger partial charge in [-0.3, -0.25) is 4.79 Å². The third-order valence-electron chi connectivity index (χ3n) is 5.19. The summed E-state index contributed by atoms with van der Waals surface area (Å²) >= 11 is 0. The summed E-state index contributed by atoms with van der Waals surface area (Å²) in [6, 6.07) is 10.3. The maximum absolute atomic E-state index is 13.0. The molecular formula is C24H21F3N4O2. The van der Waals surface area contributed by atoms with Crippen molar-refractivity contribution >= 4 is 22.5 Å². The third-order valence-corrected chi connectivity index (χ3v) is 5.19. The van der Waals surface area contributed by atoms with E-state index in [1.54, 1.807) is 36.2 Å². The molecule has 1 N–H and O–H groups in total. The molecule has 2 aromatic heterocycles. The Kier molecular flexibility index (Phi) is 6.06. The van der Waals surface area contributed by atoms with E-state index in [2.05, 4.69) is 16.9 Å². The number of nitrogens with zero attached hydrogens (tertiary/aromatic N) is 3. The lowest BCUT2D eigenvalue weighted by molar-refractivity contribution is -0.137.